The number of H-pyrrole nitrogens is 1. The zero-order chi connectivity index (χ0) is 18.1. The molecule has 3 aromatic rings. The van der Waals surface area contributed by atoms with E-state index in [1.54, 1.807) is 30.9 Å². The summed E-state index contributed by atoms with van der Waals surface area (Å²) in [6.07, 6.45) is 5.41. The molecule has 8 heteroatoms. The van der Waals surface area contributed by atoms with E-state index in [-0.39, 0.29) is 0 Å². The molecule has 0 spiro atoms. The number of imidazole rings is 1. The summed E-state index contributed by atoms with van der Waals surface area (Å²) in [5, 5.41) is 2.35. The molecule has 0 saturated carbocycles. The highest BCUT2D eigenvalue weighted by atomic mass is 19.1. The Bertz CT molecular complexity index is 924. The van der Waals surface area contributed by atoms with E-state index in [2.05, 4.69) is 20.3 Å². The molecule has 2 N–H and O–H groups in total. The highest BCUT2D eigenvalue weighted by molar-refractivity contribution is 5.90. The maximum atomic E-state index is 13.9. The van der Waals surface area contributed by atoms with Crippen molar-refractivity contribution in [1.29, 1.82) is 0 Å². The number of carbonyl (C=O) groups is 1. The first-order chi connectivity index (χ1) is 12.6. The first-order valence-electron chi connectivity index (χ1n) is 8.09. The van der Waals surface area contributed by atoms with Crippen molar-refractivity contribution in [3.63, 3.8) is 0 Å². The molecule has 0 bridgehead atoms. The third kappa shape index (κ3) is 2.79. The van der Waals surface area contributed by atoms with Gasteiger partial charge < -0.3 is 15.2 Å². The van der Waals surface area contributed by atoms with Crippen LogP contribution in [0.15, 0.2) is 49.1 Å². The lowest BCUT2D eigenvalue weighted by molar-refractivity contribution is 0.192. The van der Waals surface area contributed by atoms with Crippen LogP contribution in [0.4, 0.5) is 19.3 Å². The summed E-state index contributed by atoms with van der Waals surface area (Å²) in [7, 11) is 0. The van der Waals surface area contributed by atoms with E-state index < -0.39 is 29.4 Å². The number of carbonyl (C=O) groups excluding carboxylic acids is 1. The molecular formula is C18H15F2N5O. The minimum atomic E-state index is -0.823. The molecule has 3 heterocycles. The number of nitrogens with one attached hydrogen (secondary N) is 2. The van der Waals surface area contributed by atoms with Crippen LogP contribution in [-0.2, 0) is 6.42 Å². The first-order valence-corrected chi connectivity index (χ1v) is 8.09. The molecule has 132 valence electrons. The van der Waals surface area contributed by atoms with E-state index in [0.29, 0.717) is 18.7 Å². The molecule has 0 radical (unpaired) electrons. The summed E-state index contributed by atoms with van der Waals surface area (Å²) in [6.45, 7) is 0.379. The molecule has 4 rings (SSSR count). The van der Waals surface area contributed by atoms with E-state index in [0.717, 1.165) is 23.4 Å². The SMILES string of the molecule is O=C(Nc1c(F)cccc1F)N1CCc2[nH]cnc2[C@H]1c1ccncc1. The number of para-hydroxylation sites is 1. The number of anilines is 1. The van der Waals surface area contributed by atoms with Gasteiger partial charge in [0.1, 0.15) is 23.4 Å². The third-order valence-electron chi connectivity index (χ3n) is 4.40. The zero-order valence-corrected chi connectivity index (χ0v) is 13.6. The van der Waals surface area contributed by atoms with Gasteiger partial charge in [-0.15, -0.1) is 0 Å². The first kappa shape index (κ1) is 16.2. The van der Waals surface area contributed by atoms with E-state index >= 15 is 0 Å². The minimum Gasteiger partial charge on any atom is -0.348 e. The van der Waals surface area contributed by atoms with Gasteiger partial charge in [-0.1, -0.05) is 6.07 Å². The second kappa shape index (κ2) is 6.55. The average Bonchev–Trinajstić information content (AvgIpc) is 3.13. The summed E-state index contributed by atoms with van der Waals surface area (Å²) < 4.78 is 27.8. The van der Waals surface area contributed by atoms with Crippen molar-refractivity contribution in [3.8, 4) is 0 Å². The lowest BCUT2D eigenvalue weighted by Crippen LogP contribution is -2.43. The summed E-state index contributed by atoms with van der Waals surface area (Å²) in [5.41, 5.74) is 2.01. The zero-order valence-electron chi connectivity index (χ0n) is 13.6. The molecule has 26 heavy (non-hydrogen) atoms. The Balaban J connectivity index is 1.69. The topological polar surface area (TPSA) is 73.9 Å². The molecule has 1 aliphatic heterocycles. The molecule has 0 unspecified atom stereocenters. The highest BCUT2D eigenvalue weighted by Gasteiger charge is 2.34. The van der Waals surface area contributed by atoms with Gasteiger partial charge in [-0.3, -0.25) is 4.98 Å². The van der Waals surface area contributed by atoms with E-state index in [4.69, 9.17) is 0 Å². The van der Waals surface area contributed by atoms with E-state index in [9.17, 15) is 13.6 Å². The monoisotopic (exact) mass is 355 g/mol. The lowest BCUT2D eigenvalue weighted by Gasteiger charge is -2.35. The number of benzene rings is 1. The molecule has 1 aliphatic rings. The standard InChI is InChI=1S/C18H15F2N5O/c19-12-2-1-3-13(20)15(12)24-18(26)25-9-6-14-16(23-10-22-14)17(25)11-4-7-21-8-5-11/h1-5,7-8,10,17H,6,9H2,(H,22,23)(H,24,26)/t17-/m1/s1. The van der Waals surface area contributed by atoms with Crippen LogP contribution in [0.25, 0.3) is 0 Å². The van der Waals surface area contributed by atoms with Crippen LogP contribution in [0.5, 0.6) is 0 Å². The van der Waals surface area contributed by atoms with Gasteiger partial charge in [-0.05, 0) is 29.8 Å². The Labute approximate surface area is 147 Å². The van der Waals surface area contributed by atoms with Gasteiger partial charge in [0.25, 0.3) is 0 Å². The third-order valence-corrected chi connectivity index (χ3v) is 4.40. The number of urea groups is 1. The number of halogens is 2. The van der Waals surface area contributed by atoms with Crippen LogP contribution in [0, 0.1) is 11.6 Å². The highest BCUT2D eigenvalue weighted by Crippen LogP contribution is 2.33. The maximum Gasteiger partial charge on any atom is 0.322 e. The Morgan fingerprint density at radius 1 is 1.19 bits per heavy atom. The van der Waals surface area contributed by atoms with Crippen molar-refractivity contribution in [2.45, 2.75) is 12.5 Å². The van der Waals surface area contributed by atoms with Gasteiger partial charge in [0.05, 0.1) is 12.0 Å². The fourth-order valence-corrected chi connectivity index (χ4v) is 3.17. The van der Waals surface area contributed by atoms with Crippen LogP contribution in [-0.4, -0.2) is 32.4 Å². The van der Waals surface area contributed by atoms with Crippen molar-refractivity contribution >= 4 is 11.7 Å². The number of hydrogen-bond acceptors (Lipinski definition) is 3. The second-order valence-corrected chi connectivity index (χ2v) is 5.92. The number of pyridine rings is 1. The summed E-state index contributed by atoms with van der Waals surface area (Å²) in [5.74, 6) is -1.65. The molecule has 0 aliphatic carbocycles. The predicted octanol–water partition coefficient (Wildman–Crippen LogP) is 3.26. The van der Waals surface area contributed by atoms with Gasteiger partial charge in [0.2, 0.25) is 0 Å². The van der Waals surface area contributed by atoms with Crippen LogP contribution in [0.3, 0.4) is 0 Å². The fraction of sp³-hybridized carbons (Fsp3) is 0.167. The molecular weight excluding hydrogens is 340 g/mol. The van der Waals surface area contributed by atoms with Gasteiger partial charge in [-0.25, -0.2) is 18.6 Å². The molecule has 6 nitrogen and oxygen atoms in total. The largest absolute Gasteiger partial charge is 0.348 e. The number of amides is 2. The van der Waals surface area contributed by atoms with Crippen LogP contribution >= 0.6 is 0 Å². The van der Waals surface area contributed by atoms with E-state index in [1.807, 2.05) is 0 Å². The molecule has 2 amide bonds. The summed E-state index contributed by atoms with van der Waals surface area (Å²) >= 11 is 0. The molecule has 2 aromatic heterocycles. The summed E-state index contributed by atoms with van der Waals surface area (Å²) in [6, 6.07) is 5.96. The maximum absolute atomic E-state index is 13.9. The number of nitrogens with zero attached hydrogens (tertiary/aromatic N) is 3. The van der Waals surface area contributed by atoms with Gasteiger partial charge in [-0.2, -0.15) is 0 Å². The number of rotatable bonds is 2. The molecule has 0 fully saturated rings. The Morgan fingerprint density at radius 2 is 1.92 bits per heavy atom. The smallest absolute Gasteiger partial charge is 0.322 e. The lowest BCUT2D eigenvalue weighted by atomic mass is 9.97. The van der Waals surface area contributed by atoms with Crippen LogP contribution < -0.4 is 5.32 Å². The second-order valence-electron chi connectivity index (χ2n) is 5.92. The molecule has 1 aromatic carbocycles. The average molecular weight is 355 g/mol. The minimum absolute atomic E-state index is 0.379. The fourth-order valence-electron chi connectivity index (χ4n) is 3.17. The molecule has 1 atom stereocenters. The summed E-state index contributed by atoms with van der Waals surface area (Å²) in [4.78, 5) is 25.8. The van der Waals surface area contributed by atoms with E-state index in [1.165, 1.54) is 11.0 Å². The van der Waals surface area contributed by atoms with Crippen molar-refractivity contribution in [2.75, 3.05) is 11.9 Å². The Kier molecular flexibility index (Phi) is 4.08. The van der Waals surface area contributed by atoms with Crippen molar-refractivity contribution in [1.82, 2.24) is 19.9 Å². The quantitative estimate of drug-likeness (QED) is 0.741. The number of aromatic amines is 1. The molecule has 0 saturated heterocycles. The van der Waals surface area contributed by atoms with Crippen LogP contribution in [0.2, 0.25) is 0 Å². The Hall–Kier alpha value is -3.29. The van der Waals surface area contributed by atoms with Crippen molar-refractivity contribution in [3.05, 3.63) is 77.6 Å². The Morgan fingerprint density at radius 3 is 2.65 bits per heavy atom. The normalized spacial score (nSPS) is 16.2. The number of hydrogen-bond donors (Lipinski definition) is 2. The van der Waals surface area contributed by atoms with Crippen molar-refractivity contribution in [2.24, 2.45) is 0 Å². The van der Waals surface area contributed by atoms with Crippen molar-refractivity contribution < 1.29 is 13.6 Å². The predicted molar refractivity (Wildman–Crippen MR) is 90.5 cm³/mol. The van der Waals surface area contributed by atoms with Gasteiger partial charge in [0.15, 0.2) is 0 Å². The number of fused-ring (bicyclic) bond motifs is 1. The van der Waals surface area contributed by atoms with Gasteiger partial charge >= 0.3 is 6.03 Å². The van der Waals surface area contributed by atoms with Crippen LogP contribution in [0.1, 0.15) is 23.0 Å². The number of aromatic nitrogens is 3. The van der Waals surface area contributed by atoms with Gasteiger partial charge in [0, 0.05) is 31.1 Å².